The summed E-state index contributed by atoms with van der Waals surface area (Å²) in [4.78, 5) is 0. The molecule has 0 radical (unpaired) electrons. The van der Waals surface area contributed by atoms with E-state index in [0.29, 0.717) is 5.54 Å². The Kier molecular flexibility index (Phi) is 0.863. The standard InChI is InChI=1S/C11H17N/c1-12-11-5-4-8(11)9-6-2-3-7(6)10(9)11/h6-10,12H,2-5H2,1H3. The molecule has 0 aliphatic heterocycles. The summed E-state index contributed by atoms with van der Waals surface area (Å²) < 4.78 is 0. The maximum absolute atomic E-state index is 3.63. The van der Waals surface area contributed by atoms with Gasteiger partial charge in [-0.05, 0) is 62.3 Å². The van der Waals surface area contributed by atoms with Crippen LogP contribution in [0.15, 0.2) is 0 Å². The van der Waals surface area contributed by atoms with E-state index >= 15 is 0 Å². The highest BCUT2D eigenvalue weighted by molar-refractivity contribution is 5.29. The van der Waals surface area contributed by atoms with Gasteiger partial charge in [0, 0.05) is 5.54 Å². The van der Waals surface area contributed by atoms with Crippen LogP contribution in [-0.2, 0) is 0 Å². The third-order valence-electron chi connectivity index (χ3n) is 5.81. The van der Waals surface area contributed by atoms with Crippen LogP contribution in [-0.4, -0.2) is 12.6 Å². The molecule has 6 atom stereocenters. The molecule has 4 saturated carbocycles. The second-order valence-corrected chi connectivity index (χ2v) is 5.44. The monoisotopic (exact) mass is 163 g/mol. The minimum Gasteiger partial charge on any atom is -0.314 e. The molecule has 1 nitrogen and oxygen atoms in total. The second-order valence-electron chi connectivity index (χ2n) is 5.44. The molecular weight excluding hydrogens is 146 g/mol. The highest BCUT2D eigenvalue weighted by Crippen LogP contribution is 2.78. The average molecular weight is 163 g/mol. The molecule has 4 fully saturated rings. The van der Waals surface area contributed by atoms with Gasteiger partial charge in [0.1, 0.15) is 0 Å². The van der Waals surface area contributed by atoms with E-state index in [2.05, 4.69) is 12.4 Å². The fourth-order valence-corrected chi connectivity index (χ4v) is 5.09. The van der Waals surface area contributed by atoms with Gasteiger partial charge in [0.05, 0.1) is 0 Å². The Labute approximate surface area is 73.9 Å². The molecule has 4 rings (SSSR count). The van der Waals surface area contributed by atoms with Gasteiger partial charge in [-0.3, -0.25) is 0 Å². The number of fused-ring (bicyclic) bond motifs is 7. The Hall–Kier alpha value is -0.0400. The van der Waals surface area contributed by atoms with Crippen LogP contribution < -0.4 is 5.32 Å². The maximum atomic E-state index is 3.63. The summed E-state index contributed by atoms with van der Waals surface area (Å²) in [5.41, 5.74) is 0.673. The van der Waals surface area contributed by atoms with E-state index in [-0.39, 0.29) is 0 Å². The summed E-state index contributed by atoms with van der Waals surface area (Å²) >= 11 is 0. The minimum atomic E-state index is 0.673. The van der Waals surface area contributed by atoms with Crippen molar-refractivity contribution in [1.29, 1.82) is 0 Å². The normalized spacial score (nSPS) is 70.2. The van der Waals surface area contributed by atoms with Crippen LogP contribution in [0, 0.1) is 29.6 Å². The van der Waals surface area contributed by atoms with Crippen molar-refractivity contribution in [2.24, 2.45) is 29.6 Å². The predicted molar refractivity (Wildman–Crippen MR) is 47.7 cm³/mol. The van der Waals surface area contributed by atoms with Gasteiger partial charge in [-0.15, -0.1) is 0 Å². The van der Waals surface area contributed by atoms with Crippen LogP contribution in [0.25, 0.3) is 0 Å². The van der Waals surface area contributed by atoms with E-state index in [1.807, 2.05) is 0 Å². The quantitative estimate of drug-likeness (QED) is 0.619. The van der Waals surface area contributed by atoms with Crippen molar-refractivity contribution < 1.29 is 0 Å². The molecule has 1 N–H and O–H groups in total. The molecule has 12 heavy (non-hydrogen) atoms. The lowest BCUT2D eigenvalue weighted by atomic mass is 9.25. The SMILES string of the molecule is CNC12CCC1C1C3CCC3C12. The van der Waals surface area contributed by atoms with Gasteiger partial charge in [0.25, 0.3) is 0 Å². The first-order valence-electron chi connectivity index (χ1n) is 5.57. The first kappa shape index (κ1) is 6.42. The van der Waals surface area contributed by atoms with Crippen molar-refractivity contribution in [2.75, 3.05) is 7.05 Å². The van der Waals surface area contributed by atoms with Gasteiger partial charge in [-0.2, -0.15) is 0 Å². The molecule has 4 aliphatic rings. The van der Waals surface area contributed by atoms with Gasteiger partial charge in [-0.25, -0.2) is 0 Å². The number of hydrogen-bond donors (Lipinski definition) is 1. The molecule has 0 aromatic heterocycles. The molecule has 0 aromatic rings. The van der Waals surface area contributed by atoms with E-state index < -0.39 is 0 Å². The zero-order chi connectivity index (χ0) is 7.92. The predicted octanol–water partition coefficient (Wildman–Crippen LogP) is 1.64. The smallest absolute Gasteiger partial charge is 0.0243 e. The minimum absolute atomic E-state index is 0.673. The highest BCUT2D eigenvalue weighted by Gasteiger charge is 2.77. The Morgan fingerprint density at radius 2 is 2.00 bits per heavy atom. The van der Waals surface area contributed by atoms with E-state index in [1.165, 1.54) is 30.6 Å². The van der Waals surface area contributed by atoms with Gasteiger partial charge >= 0.3 is 0 Å². The summed E-state index contributed by atoms with van der Waals surface area (Å²) in [5, 5.41) is 3.63. The van der Waals surface area contributed by atoms with Crippen LogP contribution in [0.5, 0.6) is 0 Å². The third kappa shape index (κ3) is 0.379. The molecule has 0 amide bonds. The van der Waals surface area contributed by atoms with Crippen molar-refractivity contribution >= 4 is 0 Å². The first-order valence-corrected chi connectivity index (χ1v) is 5.57. The molecule has 4 aliphatic carbocycles. The zero-order valence-corrected chi connectivity index (χ0v) is 7.72. The fraction of sp³-hybridized carbons (Fsp3) is 1.00. The average Bonchev–Trinajstić information content (AvgIpc) is 2.00. The van der Waals surface area contributed by atoms with Crippen LogP contribution in [0.3, 0.4) is 0 Å². The number of rotatable bonds is 1. The lowest BCUT2D eigenvalue weighted by Crippen LogP contribution is -2.85. The lowest BCUT2D eigenvalue weighted by Gasteiger charge is -2.82. The Bertz CT molecular complexity index is 245. The maximum Gasteiger partial charge on any atom is 0.0243 e. The van der Waals surface area contributed by atoms with Crippen molar-refractivity contribution in [1.82, 2.24) is 5.32 Å². The third-order valence-corrected chi connectivity index (χ3v) is 5.81. The van der Waals surface area contributed by atoms with E-state index in [1.54, 1.807) is 12.8 Å². The van der Waals surface area contributed by atoms with Gasteiger partial charge in [-0.1, -0.05) is 0 Å². The van der Waals surface area contributed by atoms with Crippen molar-refractivity contribution in [3.05, 3.63) is 0 Å². The summed E-state index contributed by atoms with van der Waals surface area (Å²) in [6.45, 7) is 0. The molecule has 0 spiro atoms. The van der Waals surface area contributed by atoms with E-state index in [4.69, 9.17) is 0 Å². The van der Waals surface area contributed by atoms with Crippen LogP contribution >= 0.6 is 0 Å². The van der Waals surface area contributed by atoms with Crippen LogP contribution in [0.4, 0.5) is 0 Å². The molecule has 0 aromatic carbocycles. The van der Waals surface area contributed by atoms with Crippen LogP contribution in [0.1, 0.15) is 25.7 Å². The van der Waals surface area contributed by atoms with Gasteiger partial charge in [0.15, 0.2) is 0 Å². The molecule has 1 heteroatoms. The summed E-state index contributed by atoms with van der Waals surface area (Å²) in [6, 6.07) is 0. The summed E-state index contributed by atoms with van der Waals surface area (Å²) in [7, 11) is 2.19. The molecule has 0 heterocycles. The first-order chi connectivity index (χ1) is 5.88. The van der Waals surface area contributed by atoms with Gasteiger partial charge in [0.2, 0.25) is 0 Å². The number of nitrogens with one attached hydrogen (secondary N) is 1. The molecular formula is C11H17N. The Morgan fingerprint density at radius 1 is 1.17 bits per heavy atom. The van der Waals surface area contributed by atoms with Crippen molar-refractivity contribution in [3.63, 3.8) is 0 Å². The van der Waals surface area contributed by atoms with Gasteiger partial charge < -0.3 is 5.32 Å². The highest BCUT2D eigenvalue weighted by atomic mass is 15.1. The molecule has 0 saturated heterocycles. The van der Waals surface area contributed by atoms with E-state index in [0.717, 1.165) is 11.8 Å². The van der Waals surface area contributed by atoms with Crippen LogP contribution in [0.2, 0.25) is 0 Å². The molecule has 66 valence electrons. The van der Waals surface area contributed by atoms with E-state index in [9.17, 15) is 0 Å². The second kappa shape index (κ2) is 1.61. The van der Waals surface area contributed by atoms with Crippen molar-refractivity contribution in [2.45, 2.75) is 31.2 Å². The Balaban J connectivity index is 1.68. The lowest BCUT2D eigenvalue weighted by molar-refractivity contribution is -0.308. The van der Waals surface area contributed by atoms with Crippen molar-refractivity contribution in [3.8, 4) is 0 Å². The summed E-state index contributed by atoms with van der Waals surface area (Å²) in [5.74, 6) is 5.78. The largest absolute Gasteiger partial charge is 0.314 e. The molecule has 6 unspecified atom stereocenters. The fourth-order valence-electron chi connectivity index (χ4n) is 5.09. The topological polar surface area (TPSA) is 12.0 Å². The zero-order valence-electron chi connectivity index (χ0n) is 7.72. The number of hydrogen-bond acceptors (Lipinski definition) is 1. The Morgan fingerprint density at radius 3 is 2.50 bits per heavy atom. The summed E-state index contributed by atoms with van der Waals surface area (Å²) in [6.07, 6.45) is 6.15. The molecule has 0 bridgehead atoms.